The van der Waals surface area contributed by atoms with E-state index in [4.69, 9.17) is 5.11 Å². The second-order valence-corrected chi connectivity index (χ2v) is 4.08. The third-order valence-corrected chi connectivity index (χ3v) is 3.13. The molecular weight excluding hydrogens is 190 g/mol. The largest absolute Gasteiger partial charge is 0.465 e. The van der Waals surface area contributed by atoms with Crippen molar-refractivity contribution in [1.29, 1.82) is 0 Å². The number of benzene rings is 1. The molecule has 3 nitrogen and oxygen atoms in total. The van der Waals surface area contributed by atoms with E-state index in [1.807, 2.05) is 19.1 Å². The van der Waals surface area contributed by atoms with Crippen molar-refractivity contribution in [3.63, 3.8) is 0 Å². The molecule has 0 bridgehead atoms. The third-order valence-electron chi connectivity index (χ3n) is 3.13. The van der Waals surface area contributed by atoms with Gasteiger partial charge in [-0.1, -0.05) is 24.3 Å². The van der Waals surface area contributed by atoms with Crippen molar-refractivity contribution in [3.8, 4) is 0 Å². The van der Waals surface area contributed by atoms with Crippen molar-refractivity contribution in [2.75, 3.05) is 0 Å². The van der Waals surface area contributed by atoms with E-state index < -0.39 is 6.09 Å². The Morgan fingerprint density at radius 3 is 3.00 bits per heavy atom. The first-order valence-corrected chi connectivity index (χ1v) is 5.25. The highest BCUT2D eigenvalue weighted by Crippen LogP contribution is 2.34. The fraction of sp³-hybridized carbons (Fsp3) is 0.417. The molecule has 0 spiro atoms. The molecule has 2 N–H and O–H groups in total. The van der Waals surface area contributed by atoms with Crippen LogP contribution in [0.1, 0.15) is 30.4 Å². The van der Waals surface area contributed by atoms with Gasteiger partial charge in [-0.15, -0.1) is 0 Å². The third kappa shape index (κ3) is 1.96. The van der Waals surface area contributed by atoms with Crippen LogP contribution < -0.4 is 5.32 Å². The van der Waals surface area contributed by atoms with E-state index in [1.54, 1.807) is 0 Å². The molecule has 0 radical (unpaired) electrons. The lowest BCUT2D eigenvalue weighted by molar-refractivity contribution is 0.188. The molecule has 80 valence electrons. The van der Waals surface area contributed by atoms with Crippen LogP contribution in [0.4, 0.5) is 4.79 Å². The minimum Gasteiger partial charge on any atom is -0.465 e. The highest BCUT2D eigenvalue weighted by molar-refractivity contribution is 5.65. The summed E-state index contributed by atoms with van der Waals surface area (Å²) in [6.07, 6.45) is 1.17. The standard InChI is InChI=1S/C12H15NO2/c1-8(13-12(14)15)10-7-6-9-4-2-3-5-11(9)10/h2-5,8,10,13H,6-7H2,1H3,(H,14,15). The normalized spacial score (nSPS) is 20.7. The van der Waals surface area contributed by atoms with Gasteiger partial charge in [-0.05, 0) is 30.9 Å². The molecule has 0 aliphatic heterocycles. The predicted molar refractivity (Wildman–Crippen MR) is 58.1 cm³/mol. The number of carboxylic acid groups (broad SMARTS) is 1. The minimum absolute atomic E-state index is 0.00819. The van der Waals surface area contributed by atoms with Crippen LogP contribution in [0.2, 0.25) is 0 Å². The van der Waals surface area contributed by atoms with Crippen molar-refractivity contribution >= 4 is 6.09 Å². The van der Waals surface area contributed by atoms with Gasteiger partial charge in [0.05, 0.1) is 0 Å². The summed E-state index contributed by atoms with van der Waals surface area (Å²) in [5.74, 6) is 0.331. The van der Waals surface area contributed by atoms with Gasteiger partial charge in [0, 0.05) is 12.0 Å². The Hall–Kier alpha value is -1.51. The summed E-state index contributed by atoms with van der Waals surface area (Å²) in [7, 11) is 0. The fourth-order valence-electron chi connectivity index (χ4n) is 2.40. The van der Waals surface area contributed by atoms with E-state index in [0.29, 0.717) is 5.92 Å². The Labute approximate surface area is 89.1 Å². The van der Waals surface area contributed by atoms with Crippen LogP contribution in [-0.4, -0.2) is 17.2 Å². The zero-order chi connectivity index (χ0) is 10.8. The second kappa shape index (κ2) is 3.93. The lowest BCUT2D eigenvalue weighted by atomic mass is 9.94. The molecule has 1 aliphatic carbocycles. The van der Waals surface area contributed by atoms with Crippen LogP contribution in [0.25, 0.3) is 0 Å². The molecule has 0 aromatic heterocycles. The van der Waals surface area contributed by atoms with Crippen molar-refractivity contribution in [2.45, 2.75) is 31.7 Å². The minimum atomic E-state index is -0.938. The summed E-state index contributed by atoms with van der Waals surface area (Å²) < 4.78 is 0. The van der Waals surface area contributed by atoms with Gasteiger partial charge in [-0.2, -0.15) is 0 Å². The SMILES string of the molecule is CC(NC(=O)O)C1CCc2ccccc21. The number of fused-ring (bicyclic) bond motifs is 1. The molecule has 0 saturated heterocycles. The molecule has 2 unspecified atom stereocenters. The van der Waals surface area contributed by atoms with Gasteiger partial charge in [-0.25, -0.2) is 4.79 Å². The maximum Gasteiger partial charge on any atom is 0.404 e. The Kier molecular flexibility index (Phi) is 2.62. The molecule has 15 heavy (non-hydrogen) atoms. The summed E-state index contributed by atoms with van der Waals surface area (Å²) in [5.41, 5.74) is 2.67. The molecule has 2 atom stereocenters. The predicted octanol–water partition coefficient (Wildman–Crippen LogP) is 2.37. The number of hydrogen-bond acceptors (Lipinski definition) is 1. The molecule has 0 saturated carbocycles. The summed E-state index contributed by atoms with van der Waals surface area (Å²) in [6.45, 7) is 1.93. The monoisotopic (exact) mass is 205 g/mol. The van der Waals surface area contributed by atoms with Crippen LogP contribution in [0.15, 0.2) is 24.3 Å². The second-order valence-electron chi connectivity index (χ2n) is 4.08. The van der Waals surface area contributed by atoms with Gasteiger partial charge in [0.1, 0.15) is 0 Å². The molecule has 0 heterocycles. The molecule has 1 aromatic rings. The van der Waals surface area contributed by atoms with E-state index in [2.05, 4.69) is 17.4 Å². The van der Waals surface area contributed by atoms with E-state index in [1.165, 1.54) is 11.1 Å². The first-order valence-electron chi connectivity index (χ1n) is 5.25. The Bertz CT molecular complexity index is 376. The lowest BCUT2D eigenvalue weighted by Gasteiger charge is -2.19. The zero-order valence-electron chi connectivity index (χ0n) is 8.73. The Balaban J connectivity index is 2.16. The summed E-state index contributed by atoms with van der Waals surface area (Å²) >= 11 is 0. The van der Waals surface area contributed by atoms with Crippen LogP contribution in [0.3, 0.4) is 0 Å². The van der Waals surface area contributed by atoms with Gasteiger partial charge in [0.15, 0.2) is 0 Å². The number of rotatable bonds is 2. The summed E-state index contributed by atoms with van der Waals surface area (Å²) in [4.78, 5) is 10.6. The fourth-order valence-corrected chi connectivity index (χ4v) is 2.40. The van der Waals surface area contributed by atoms with E-state index in [0.717, 1.165) is 12.8 Å². The average Bonchev–Trinajstić information content (AvgIpc) is 2.59. The Morgan fingerprint density at radius 2 is 2.27 bits per heavy atom. The van der Waals surface area contributed by atoms with Crippen LogP contribution in [-0.2, 0) is 6.42 Å². The number of nitrogens with one attached hydrogen (secondary N) is 1. The zero-order valence-corrected chi connectivity index (χ0v) is 8.73. The van der Waals surface area contributed by atoms with Crippen LogP contribution in [0, 0.1) is 0 Å². The topological polar surface area (TPSA) is 49.3 Å². The molecule has 1 amide bonds. The molecule has 1 aromatic carbocycles. The molecule has 2 rings (SSSR count). The van der Waals surface area contributed by atoms with Gasteiger partial charge in [0.2, 0.25) is 0 Å². The van der Waals surface area contributed by atoms with Gasteiger partial charge in [0.25, 0.3) is 0 Å². The van der Waals surface area contributed by atoms with Crippen molar-refractivity contribution < 1.29 is 9.90 Å². The van der Waals surface area contributed by atoms with Crippen molar-refractivity contribution in [2.24, 2.45) is 0 Å². The van der Waals surface area contributed by atoms with Gasteiger partial charge in [-0.3, -0.25) is 0 Å². The first kappa shape index (κ1) is 10.0. The Morgan fingerprint density at radius 1 is 1.53 bits per heavy atom. The molecule has 3 heteroatoms. The van der Waals surface area contributed by atoms with Crippen molar-refractivity contribution in [1.82, 2.24) is 5.32 Å². The average molecular weight is 205 g/mol. The smallest absolute Gasteiger partial charge is 0.404 e. The maximum absolute atomic E-state index is 10.6. The highest BCUT2D eigenvalue weighted by Gasteiger charge is 2.27. The lowest BCUT2D eigenvalue weighted by Crippen LogP contribution is -2.35. The number of carbonyl (C=O) groups is 1. The quantitative estimate of drug-likeness (QED) is 0.778. The van der Waals surface area contributed by atoms with Gasteiger partial charge < -0.3 is 10.4 Å². The number of aryl methyl sites for hydroxylation is 1. The highest BCUT2D eigenvalue weighted by atomic mass is 16.4. The molecule has 0 fully saturated rings. The van der Waals surface area contributed by atoms with E-state index in [-0.39, 0.29) is 6.04 Å². The molecule has 1 aliphatic rings. The van der Waals surface area contributed by atoms with Crippen LogP contribution in [0.5, 0.6) is 0 Å². The number of hydrogen-bond donors (Lipinski definition) is 2. The molecular formula is C12H15NO2. The summed E-state index contributed by atoms with van der Waals surface area (Å²) in [6, 6.07) is 8.28. The first-order chi connectivity index (χ1) is 7.18. The maximum atomic E-state index is 10.6. The summed E-state index contributed by atoms with van der Waals surface area (Å²) in [5, 5.41) is 11.2. The van der Waals surface area contributed by atoms with E-state index >= 15 is 0 Å². The van der Waals surface area contributed by atoms with Crippen LogP contribution >= 0.6 is 0 Å². The van der Waals surface area contributed by atoms with Crippen molar-refractivity contribution in [3.05, 3.63) is 35.4 Å². The number of amides is 1. The van der Waals surface area contributed by atoms with E-state index in [9.17, 15) is 4.79 Å². The van der Waals surface area contributed by atoms with Gasteiger partial charge >= 0.3 is 6.09 Å².